The number of benzene rings is 3. The Balaban J connectivity index is 1.56. The number of carboxylic acid groups (broad SMARTS) is 1. The van der Waals surface area contributed by atoms with E-state index in [9.17, 15) is 22.8 Å². The Kier molecular flexibility index (Phi) is 9.00. The standard InChI is InChI=1S/C28H22F3NO6S2/c1-17(20-5-3-2-4-6-20)37-23-13-19(14-24-26(35)32(15-25(33)34)27(39)40-24)9-12-22(23)36-16-18-7-10-21(11-8-18)38-28(29,30)31/h2-14,17H,15-16H2,1H3,(H,33,34)/b24-14-/t17-/m0/s1. The number of amides is 1. The van der Waals surface area contributed by atoms with Crippen molar-refractivity contribution in [2.45, 2.75) is 26.0 Å². The number of hydrogen-bond donors (Lipinski definition) is 1. The van der Waals surface area contributed by atoms with Gasteiger partial charge in [0.25, 0.3) is 5.91 Å². The number of halogens is 3. The Bertz CT molecular complexity index is 1430. The lowest BCUT2D eigenvalue weighted by Crippen LogP contribution is -2.33. The van der Waals surface area contributed by atoms with Crippen LogP contribution in [0.3, 0.4) is 0 Å². The average Bonchev–Trinajstić information content (AvgIpc) is 3.15. The number of carbonyl (C=O) groups excluding carboxylic acids is 1. The van der Waals surface area contributed by atoms with Crippen molar-refractivity contribution in [3.8, 4) is 17.2 Å². The van der Waals surface area contributed by atoms with Gasteiger partial charge in [0.05, 0.1) is 4.91 Å². The number of rotatable bonds is 10. The van der Waals surface area contributed by atoms with Gasteiger partial charge in [-0.2, -0.15) is 0 Å². The highest BCUT2D eigenvalue weighted by molar-refractivity contribution is 8.26. The van der Waals surface area contributed by atoms with Crippen molar-refractivity contribution in [3.63, 3.8) is 0 Å². The summed E-state index contributed by atoms with van der Waals surface area (Å²) in [5, 5.41) is 9.06. The molecule has 0 radical (unpaired) electrons. The van der Waals surface area contributed by atoms with Gasteiger partial charge in [0.1, 0.15) is 29.3 Å². The molecule has 3 aromatic rings. The summed E-state index contributed by atoms with van der Waals surface area (Å²) in [5.74, 6) is -1.28. The molecular formula is C28H22F3NO6S2. The smallest absolute Gasteiger partial charge is 0.485 e. The van der Waals surface area contributed by atoms with E-state index in [1.807, 2.05) is 37.3 Å². The maximum Gasteiger partial charge on any atom is 0.573 e. The number of nitrogens with zero attached hydrogens (tertiary/aromatic N) is 1. The molecule has 1 saturated heterocycles. The molecule has 0 bridgehead atoms. The van der Waals surface area contributed by atoms with E-state index in [0.29, 0.717) is 22.6 Å². The molecular weight excluding hydrogens is 567 g/mol. The number of alkyl halides is 3. The fourth-order valence-electron chi connectivity index (χ4n) is 3.68. The molecule has 0 saturated carbocycles. The van der Waals surface area contributed by atoms with Crippen LogP contribution in [0.1, 0.15) is 29.7 Å². The van der Waals surface area contributed by atoms with Gasteiger partial charge in [-0.3, -0.25) is 14.5 Å². The Morgan fingerprint density at radius 2 is 1.77 bits per heavy atom. The number of hydrogen-bond acceptors (Lipinski definition) is 7. The highest BCUT2D eigenvalue weighted by atomic mass is 32.2. The van der Waals surface area contributed by atoms with E-state index >= 15 is 0 Å². The third-order valence-corrected chi connectivity index (χ3v) is 6.93. The Morgan fingerprint density at radius 3 is 2.42 bits per heavy atom. The fourth-order valence-corrected chi connectivity index (χ4v) is 4.93. The minimum Gasteiger partial charge on any atom is -0.485 e. The number of thioether (sulfide) groups is 1. The summed E-state index contributed by atoms with van der Waals surface area (Å²) in [6.07, 6.45) is -3.56. The van der Waals surface area contributed by atoms with Crippen molar-refractivity contribution < 1.29 is 42.1 Å². The number of aliphatic carboxylic acids is 1. The van der Waals surface area contributed by atoms with Crippen LogP contribution < -0.4 is 14.2 Å². The molecule has 4 rings (SSSR count). The van der Waals surface area contributed by atoms with E-state index in [-0.39, 0.29) is 27.7 Å². The van der Waals surface area contributed by atoms with Gasteiger partial charge in [0.2, 0.25) is 0 Å². The first-order valence-electron chi connectivity index (χ1n) is 11.8. The zero-order valence-corrected chi connectivity index (χ0v) is 22.5. The summed E-state index contributed by atoms with van der Waals surface area (Å²) < 4.78 is 53.5. The largest absolute Gasteiger partial charge is 0.573 e. The average molecular weight is 590 g/mol. The number of carbonyl (C=O) groups is 2. The molecule has 40 heavy (non-hydrogen) atoms. The Labute approximate surface area is 237 Å². The van der Waals surface area contributed by atoms with Crippen molar-refractivity contribution in [1.82, 2.24) is 4.90 Å². The molecule has 1 atom stereocenters. The van der Waals surface area contributed by atoms with Crippen molar-refractivity contribution in [2.24, 2.45) is 0 Å². The lowest BCUT2D eigenvalue weighted by atomic mass is 10.1. The Hall–Kier alpha value is -4.03. The summed E-state index contributed by atoms with van der Waals surface area (Å²) in [6, 6.07) is 19.8. The Morgan fingerprint density at radius 1 is 1.07 bits per heavy atom. The molecule has 0 spiro atoms. The predicted octanol–water partition coefficient (Wildman–Crippen LogP) is 6.59. The monoisotopic (exact) mass is 589 g/mol. The molecule has 0 aliphatic carbocycles. The van der Waals surface area contributed by atoms with Crippen molar-refractivity contribution in [2.75, 3.05) is 6.54 Å². The second-order valence-electron chi connectivity index (χ2n) is 8.52. The quantitative estimate of drug-likeness (QED) is 0.210. The van der Waals surface area contributed by atoms with Gasteiger partial charge in [0.15, 0.2) is 11.5 Å². The van der Waals surface area contributed by atoms with E-state index < -0.39 is 24.8 Å². The molecule has 0 unspecified atom stereocenters. The van der Waals surface area contributed by atoms with Gasteiger partial charge >= 0.3 is 12.3 Å². The molecule has 208 valence electrons. The summed E-state index contributed by atoms with van der Waals surface area (Å²) in [5.41, 5.74) is 2.10. The van der Waals surface area contributed by atoms with Crippen LogP contribution in [0.5, 0.6) is 17.2 Å². The fraction of sp³-hybridized carbons (Fsp3) is 0.179. The van der Waals surface area contributed by atoms with Crippen LogP contribution in [0.2, 0.25) is 0 Å². The zero-order chi connectivity index (χ0) is 28.9. The van der Waals surface area contributed by atoms with E-state index in [2.05, 4.69) is 4.74 Å². The minimum atomic E-state index is -4.78. The van der Waals surface area contributed by atoms with Crippen molar-refractivity contribution in [3.05, 3.63) is 94.4 Å². The predicted molar refractivity (Wildman–Crippen MR) is 147 cm³/mol. The van der Waals surface area contributed by atoms with E-state index in [4.69, 9.17) is 26.8 Å². The van der Waals surface area contributed by atoms with Gasteiger partial charge < -0.3 is 19.3 Å². The van der Waals surface area contributed by atoms with Gasteiger partial charge in [-0.05, 0) is 54.0 Å². The number of carboxylic acids is 1. The third-order valence-electron chi connectivity index (χ3n) is 5.56. The van der Waals surface area contributed by atoms with Crippen LogP contribution in [0.15, 0.2) is 77.7 Å². The molecule has 1 fully saturated rings. The molecule has 1 aliphatic rings. The maximum atomic E-state index is 12.7. The lowest BCUT2D eigenvalue weighted by Gasteiger charge is -2.19. The first-order chi connectivity index (χ1) is 19.0. The van der Waals surface area contributed by atoms with Crippen LogP contribution in [0.4, 0.5) is 13.2 Å². The van der Waals surface area contributed by atoms with Crippen LogP contribution in [0, 0.1) is 0 Å². The SMILES string of the molecule is C[C@H](Oc1cc(/C=C2\SC(=S)N(CC(=O)O)C2=O)ccc1OCc1ccc(OC(F)(F)F)cc1)c1ccccc1. The molecule has 1 heterocycles. The highest BCUT2D eigenvalue weighted by Gasteiger charge is 2.33. The van der Waals surface area contributed by atoms with Gasteiger partial charge in [0, 0.05) is 0 Å². The van der Waals surface area contributed by atoms with Gasteiger partial charge in [-0.15, -0.1) is 13.2 Å². The number of thiocarbonyl (C=S) groups is 1. The third kappa shape index (κ3) is 7.76. The van der Waals surface area contributed by atoms with Gasteiger partial charge in [-0.1, -0.05) is 72.5 Å². The summed E-state index contributed by atoms with van der Waals surface area (Å²) in [7, 11) is 0. The molecule has 1 amide bonds. The van der Waals surface area contributed by atoms with E-state index in [1.54, 1.807) is 24.3 Å². The van der Waals surface area contributed by atoms with Crippen LogP contribution in [0.25, 0.3) is 6.08 Å². The molecule has 1 N–H and O–H groups in total. The summed E-state index contributed by atoms with van der Waals surface area (Å²) in [4.78, 5) is 25.1. The van der Waals surface area contributed by atoms with Crippen LogP contribution in [-0.2, 0) is 16.2 Å². The molecule has 7 nitrogen and oxygen atoms in total. The topological polar surface area (TPSA) is 85.3 Å². The molecule has 12 heteroatoms. The van der Waals surface area contributed by atoms with Crippen LogP contribution in [-0.4, -0.2) is 39.1 Å². The van der Waals surface area contributed by atoms with Gasteiger partial charge in [-0.25, -0.2) is 0 Å². The second kappa shape index (κ2) is 12.4. The van der Waals surface area contributed by atoms with Crippen molar-refractivity contribution >= 4 is 46.3 Å². The lowest BCUT2D eigenvalue weighted by molar-refractivity contribution is -0.274. The van der Waals surface area contributed by atoms with E-state index in [1.165, 1.54) is 24.3 Å². The summed E-state index contributed by atoms with van der Waals surface area (Å²) >= 11 is 6.16. The zero-order valence-electron chi connectivity index (χ0n) is 20.9. The normalized spacial score (nSPS) is 15.3. The molecule has 1 aliphatic heterocycles. The minimum absolute atomic E-state index is 0.0373. The maximum absolute atomic E-state index is 12.7. The van der Waals surface area contributed by atoms with E-state index in [0.717, 1.165) is 22.2 Å². The molecule has 0 aromatic heterocycles. The summed E-state index contributed by atoms with van der Waals surface area (Å²) in [6.45, 7) is 1.37. The number of ether oxygens (including phenoxy) is 3. The van der Waals surface area contributed by atoms with Crippen LogP contribution >= 0.6 is 24.0 Å². The second-order valence-corrected chi connectivity index (χ2v) is 10.2. The highest BCUT2D eigenvalue weighted by Crippen LogP contribution is 2.37. The molecule has 3 aromatic carbocycles. The first kappa shape index (κ1) is 29.0. The van der Waals surface area contributed by atoms with Crippen molar-refractivity contribution in [1.29, 1.82) is 0 Å². The first-order valence-corrected chi connectivity index (χ1v) is 13.0.